The molecule has 2 amide bonds. The second kappa shape index (κ2) is 7.39. The summed E-state index contributed by atoms with van der Waals surface area (Å²) in [5.41, 5.74) is 6.97. The minimum absolute atomic E-state index is 0.267. The first-order valence-electron chi connectivity index (χ1n) is 7.21. The Kier molecular flexibility index (Phi) is 5.22. The maximum Gasteiger partial charge on any atom is 0.257 e. The quantitative estimate of drug-likeness (QED) is 0.592. The lowest BCUT2D eigenvalue weighted by atomic mass is 10.1. The Morgan fingerprint density at radius 2 is 1.76 bits per heavy atom. The van der Waals surface area contributed by atoms with Crippen molar-refractivity contribution < 1.29 is 9.59 Å². The van der Waals surface area contributed by atoms with Crippen molar-refractivity contribution in [2.45, 2.75) is 0 Å². The summed E-state index contributed by atoms with van der Waals surface area (Å²) in [6, 6.07) is 16.2. The summed E-state index contributed by atoms with van der Waals surface area (Å²) in [6.45, 7) is 0. The van der Waals surface area contributed by atoms with Gasteiger partial charge in [-0.15, -0.1) is 11.3 Å². The van der Waals surface area contributed by atoms with Crippen LogP contribution in [0.2, 0.25) is 5.02 Å². The molecule has 0 aliphatic carbocycles. The van der Waals surface area contributed by atoms with Gasteiger partial charge >= 0.3 is 0 Å². The molecule has 4 nitrogen and oxygen atoms in total. The van der Waals surface area contributed by atoms with E-state index in [9.17, 15) is 9.59 Å². The number of benzene rings is 2. The van der Waals surface area contributed by atoms with Gasteiger partial charge in [-0.3, -0.25) is 9.59 Å². The smallest absolute Gasteiger partial charge is 0.257 e. The fraction of sp³-hybridized carbons (Fsp3) is 0. The second-order valence-corrected chi connectivity index (χ2v) is 7.54. The Bertz CT molecular complexity index is 957. The molecule has 2 aromatic carbocycles. The first-order chi connectivity index (χ1) is 12.0. The van der Waals surface area contributed by atoms with Crippen LogP contribution in [0, 0.1) is 0 Å². The molecule has 1 heterocycles. The molecule has 0 fully saturated rings. The number of nitrogens with one attached hydrogen (secondary N) is 1. The Labute approximate surface area is 161 Å². The lowest BCUT2D eigenvalue weighted by Gasteiger charge is -2.06. The van der Waals surface area contributed by atoms with Gasteiger partial charge in [-0.1, -0.05) is 57.9 Å². The van der Waals surface area contributed by atoms with Crippen molar-refractivity contribution >= 4 is 55.7 Å². The van der Waals surface area contributed by atoms with E-state index in [0.717, 1.165) is 14.9 Å². The summed E-state index contributed by atoms with van der Waals surface area (Å²) in [6.07, 6.45) is 0. The fourth-order valence-electron chi connectivity index (χ4n) is 2.25. The SMILES string of the molecule is NC(=O)c1cc(-c2ccccc2)sc1NC(=O)c1cc(Br)ccc1Cl. The van der Waals surface area contributed by atoms with Gasteiger partial charge in [0.25, 0.3) is 11.8 Å². The molecule has 0 unspecified atom stereocenters. The number of nitrogens with two attached hydrogens (primary N) is 1. The predicted octanol–water partition coefficient (Wildman–Crippen LogP) is 5.18. The van der Waals surface area contributed by atoms with Crippen molar-refractivity contribution in [2.24, 2.45) is 5.73 Å². The van der Waals surface area contributed by atoms with Gasteiger partial charge in [-0.2, -0.15) is 0 Å². The highest BCUT2D eigenvalue weighted by Crippen LogP contribution is 2.36. The normalized spacial score (nSPS) is 10.5. The number of primary amides is 1. The largest absolute Gasteiger partial charge is 0.366 e. The Morgan fingerprint density at radius 3 is 2.44 bits per heavy atom. The molecule has 0 bridgehead atoms. The van der Waals surface area contributed by atoms with Gasteiger partial charge in [-0.05, 0) is 29.8 Å². The first kappa shape index (κ1) is 17.7. The number of carbonyl (C=O) groups excluding carboxylic acids is 2. The number of halogens is 2. The van der Waals surface area contributed by atoms with Crippen LogP contribution in [-0.4, -0.2) is 11.8 Å². The number of hydrogen-bond acceptors (Lipinski definition) is 3. The maximum atomic E-state index is 12.5. The van der Waals surface area contributed by atoms with E-state index in [1.54, 1.807) is 24.3 Å². The van der Waals surface area contributed by atoms with Crippen LogP contribution in [0.3, 0.4) is 0 Å². The third kappa shape index (κ3) is 3.92. The summed E-state index contributed by atoms with van der Waals surface area (Å²) in [4.78, 5) is 25.1. The van der Waals surface area contributed by atoms with Gasteiger partial charge in [0, 0.05) is 9.35 Å². The topological polar surface area (TPSA) is 72.2 Å². The molecular weight excluding hydrogens is 424 g/mol. The van der Waals surface area contributed by atoms with Crippen LogP contribution < -0.4 is 11.1 Å². The maximum absolute atomic E-state index is 12.5. The minimum Gasteiger partial charge on any atom is -0.366 e. The average molecular weight is 436 g/mol. The Morgan fingerprint density at radius 1 is 1.04 bits per heavy atom. The minimum atomic E-state index is -0.603. The van der Waals surface area contributed by atoms with E-state index in [1.807, 2.05) is 30.3 Å². The van der Waals surface area contributed by atoms with Crippen LogP contribution >= 0.6 is 38.9 Å². The van der Waals surface area contributed by atoms with Crippen LogP contribution in [0.25, 0.3) is 10.4 Å². The van der Waals surface area contributed by atoms with E-state index in [4.69, 9.17) is 17.3 Å². The van der Waals surface area contributed by atoms with Crippen molar-refractivity contribution in [3.05, 3.63) is 75.2 Å². The van der Waals surface area contributed by atoms with Crippen LogP contribution in [0.15, 0.2) is 59.1 Å². The summed E-state index contributed by atoms with van der Waals surface area (Å²) in [7, 11) is 0. The van der Waals surface area contributed by atoms with Crippen LogP contribution in [-0.2, 0) is 0 Å². The lowest BCUT2D eigenvalue weighted by molar-refractivity contribution is 0.100. The molecule has 126 valence electrons. The van der Waals surface area contributed by atoms with E-state index in [-0.39, 0.29) is 5.56 Å². The molecule has 1 aromatic heterocycles. The zero-order chi connectivity index (χ0) is 18.0. The summed E-state index contributed by atoms with van der Waals surface area (Å²) in [5, 5.41) is 3.46. The number of amides is 2. The lowest BCUT2D eigenvalue weighted by Crippen LogP contribution is -2.16. The summed E-state index contributed by atoms with van der Waals surface area (Å²) < 4.78 is 0.730. The molecule has 0 aliphatic heterocycles. The highest BCUT2D eigenvalue weighted by molar-refractivity contribution is 9.10. The number of hydrogen-bond donors (Lipinski definition) is 2. The van der Waals surface area contributed by atoms with E-state index in [2.05, 4.69) is 21.2 Å². The van der Waals surface area contributed by atoms with E-state index < -0.39 is 11.8 Å². The molecule has 0 spiro atoms. The second-order valence-electron chi connectivity index (χ2n) is 5.16. The van der Waals surface area contributed by atoms with E-state index >= 15 is 0 Å². The number of carbonyl (C=O) groups is 2. The molecule has 3 N–H and O–H groups in total. The van der Waals surface area contributed by atoms with E-state index in [1.165, 1.54) is 11.3 Å². The molecule has 0 aliphatic rings. The monoisotopic (exact) mass is 434 g/mol. The van der Waals surface area contributed by atoms with Gasteiger partial charge in [0.1, 0.15) is 5.00 Å². The highest BCUT2D eigenvalue weighted by Gasteiger charge is 2.19. The van der Waals surface area contributed by atoms with Crippen molar-refractivity contribution in [3.8, 4) is 10.4 Å². The third-order valence-corrected chi connectivity index (χ3v) is 5.38. The van der Waals surface area contributed by atoms with Crippen molar-refractivity contribution in [2.75, 3.05) is 5.32 Å². The molecule has 0 radical (unpaired) electrons. The van der Waals surface area contributed by atoms with Crippen molar-refractivity contribution in [1.29, 1.82) is 0 Å². The Hall–Kier alpha value is -2.15. The zero-order valence-electron chi connectivity index (χ0n) is 12.8. The van der Waals surface area contributed by atoms with Crippen LogP contribution in [0.4, 0.5) is 5.00 Å². The highest BCUT2D eigenvalue weighted by atomic mass is 79.9. The number of anilines is 1. The predicted molar refractivity (Wildman–Crippen MR) is 105 cm³/mol. The molecule has 0 atom stereocenters. The fourth-order valence-corrected chi connectivity index (χ4v) is 3.88. The van der Waals surface area contributed by atoms with Crippen molar-refractivity contribution in [3.63, 3.8) is 0 Å². The van der Waals surface area contributed by atoms with Gasteiger partial charge in [0.2, 0.25) is 0 Å². The Balaban J connectivity index is 1.96. The van der Waals surface area contributed by atoms with Gasteiger partial charge in [-0.25, -0.2) is 0 Å². The standard InChI is InChI=1S/C18H12BrClN2O2S/c19-11-6-7-14(20)12(8-11)17(24)22-18-13(16(21)23)9-15(25-18)10-4-2-1-3-5-10/h1-9H,(H2,21,23)(H,22,24). The van der Waals surface area contributed by atoms with Gasteiger partial charge in [0.15, 0.2) is 0 Å². The zero-order valence-corrected chi connectivity index (χ0v) is 15.9. The molecule has 0 saturated heterocycles. The van der Waals surface area contributed by atoms with Gasteiger partial charge < -0.3 is 11.1 Å². The number of rotatable bonds is 4. The molecule has 3 rings (SSSR count). The number of thiophene rings is 1. The van der Waals surface area contributed by atoms with E-state index in [0.29, 0.717) is 15.6 Å². The van der Waals surface area contributed by atoms with Gasteiger partial charge in [0.05, 0.1) is 16.1 Å². The van der Waals surface area contributed by atoms with Crippen LogP contribution in [0.5, 0.6) is 0 Å². The third-order valence-electron chi connectivity index (χ3n) is 3.46. The van der Waals surface area contributed by atoms with Crippen molar-refractivity contribution in [1.82, 2.24) is 0 Å². The molecule has 25 heavy (non-hydrogen) atoms. The summed E-state index contributed by atoms with van der Waals surface area (Å²) in [5.74, 6) is -1.01. The first-order valence-corrected chi connectivity index (χ1v) is 9.20. The molecular formula is C18H12BrClN2O2S. The van der Waals surface area contributed by atoms with Crippen LogP contribution in [0.1, 0.15) is 20.7 Å². The molecule has 3 aromatic rings. The summed E-state index contributed by atoms with van der Waals surface area (Å²) >= 11 is 10.7. The molecule has 0 saturated carbocycles. The molecule has 7 heteroatoms. The average Bonchev–Trinajstić information content (AvgIpc) is 3.02.